The predicted octanol–water partition coefficient (Wildman–Crippen LogP) is 4.30. The van der Waals surface area contributed by atoms with E-state index in [2.05, 4.69) is 20.5 Å². The lowest BCUT2D eigenvalue weighted by atomic mass is 10.1. The van der Waals surface area contributed by atoms with E-state index in [1.807, 2.05) is 54.7 Å². The summed E-state index contributed by atoms with van der Waals surface area (Å²) >= 11 is 3.40. The molecular weight excluding hydrogens is 330 g/mol. The van der Waals surface area contributed by atoms with Crippen molar-refractivity contribution in [3.63, 3.8) is 0 Å². The number of rotatable bonds is 5. The lowest BCUT2D eigenvalue weighted by molar-refractivity contribution is 0.112. The molecule has 0 unspecified atom stereocenters. The van der Waals surface area contributed by atoms with E-state index in [0.717, 1.165) is 39.5 Å². The van der Waals surface area contributed by atoms with E-state index >= 15 is 0 Å². The average molecular weight is 344 g/mol. The highest BCUT2D eigenvalue weighted by Gasteiger charge is 2.04. The first-order chi connectivity index (χ1) is 10.3. The van der Waals surface area contributed by atoms with Crippen LogP contribution in [0.15, 0.2) is 59.2 Å². The third-order valence-corrected chi connectivity index (χ3v) is 3.92. The molecular formula is C17H14BrNO2. The van der Waals surface area contributed by atoms with Crippen LogP contribution in [0.3, 0.4) is 0 Å². The third-order valence-electron chi connectivity index (χ3n) is 3.39. The highest BCUT2D eigenvalue weighted by atomic mass is 79.9. The van der Waals surface area contributed by atoms with Gasteiger partial charge in [-0.15, -0.1) is 0 Å². The second-order valence-electron chi connectivity index (χ2n) is 4.71. The molecule has 2 aromatic carbocycles. The summed E-state index contributed by atoms with van der Waals surface area (Å²) in [6.45, 7) is 1.32. The fourth-order valence-electron chi connectivity index (χ4n) is 2.34. The summed E-state index contributed by atoms with van der Waals surface area (Å²) in [5.74, 6) is 0.850. The molecule has 3 aromatic rings. The summed E-state index contributed by atoms with van der Waals surface area (Å²) in [6.07, 6.45) is 2.88. The number of aldehydes is 1. The van der Waals surface area contributed by atoms with Crippen LogP contribution in [0.1, 0.15) is 10.4 Å². The minimum Gasteiger partial charge on any atom is -0.492 e. The van der Waals surface area contributed by atoms with Crippen LogP contribution in [0.5, 0.6) is 5.75 Å². The molecule has 0 aliphatic heterocycles. The SMILES string of the molecule is O=Cc1cccc2c1ccn2CCOc1ccc(Br)cc1. The van der Waals surface area contributed by atoms with E-state index < -0.39 is 0 Å². The zero-order chi connectivity index (χ0) is 14.7. The maximum absolute atomic E-state index is 11.0. The lowest BCUT2D eigenvalue weighted by Gasteiger charge is -2.08. The molecule has 4 heteroatoms. The van der Waals surface area contributed by atoms with Crippen molar-refractivity contribution in [1.29, 1.82) is 0 Å². The van der Waals surface area contributed by atoms with Gasteiger partial charge in [0.25, 0.3) is 0 Å². The van der Waals surface area contributed by atoms with Crippen LogP contribution in [0, 0.1) is 0 Å². The Labute approximate surface area is 131 Å². The van der Waals surface area contributed by atoms with E-state index in [1.165, 1.54) is 0 Å². The van der Waals surface area contributed by atoms with Gasteiger partial charge in [-0.05, 0) is 36.4 Å². The van der Waals surface area contributed by atoms with Gasteiger partial charge in [0.2, 0.25) is 0 Å². The molecule has 0 aliphatic carbocycles. The molecule has 0 spiro atoms. The smallest absolute Gasteiger partial charge is 0.150 e. The van der Waals surface area contributed by atoms with Crippen LogP contribution in [0.25, 0.3) is 10.9 Å². The highest BCUT2D eigenvalue weighted by molar-refractivity contribution is 9.10. The van der Waals surface area contributed by atoms with Gasteiger partial charge < -0.3 is 9.30 Å². The fourth-order valence-corrected chi connectivity index (χ4v) is 2.60. The van der Waals surface area contributed by atoms with Crippen molar-refractivity contribution in [2.24, 2.45) is 0 Å². The molecule has 0 saturated heterocycles. The van der Waals surface area contributed by atoms with Gasteiger partial charge in [0.1, 0.15) is 12.4 Å². The van der Waals surface area contributed by atoms with E-state index in [4.69, 9.17) is 4.74 Å². The second kappa shape index (κ2) is 6.14. The highest BCUT2D eigenvalue weighted by Crippen LogP contribution is 2.20. The van der Waals surface area contributed by atoms with E-state index in [0.29, 0.717) is 6.61 Å². The Balaban J connectivity index is 1.71. The maximum atomic E-state index is 11.0. The van der Waals surface area contributed by atoms with Gasteiger partial charge in [-0.25, -0.2) is 0 Å². The van der Waals surface area contributed by atoms with Gasteiger partial charge in [0, 0.05) is 27.1 Å². The Morgan fingerprint density at radius 2 is 1.90 bits per heavy atom. The van der Waals surface area contributed by atoms with Gasteiger partial charge in [-0.1, -0.05) is 28.1 Å². The van der Waals surface area contributed by atoms with Crippen molar-refractivity contribution in [3.8, 4) is 5.75 Å². The molecule has 21 heavy (non-hydrogen) atoms. The standard InChI is InChI=1S/C17H14BrNO2/c18-14-4-6-15(7-5-14)21-11-10-19-9-8-16-13(12-20)2-1-3-17(16)19/h1-9,12H,10-11H2. The fraction of sp³-hybridized carbons (Fsp3) is 0.118. The van der Waals surface area contributed by atoms with Crippen LogP contribution in [0.4, 0.5) is 0 Å². The van der Waals surface area contributed by atoms with Gasteiger partial charge in [-0.3, -0.25) is 4.79 Å². The number of hydrogen-bond acceptors (Lipinski definition) is 2. The zero-order valence-electron chi connectivity index (χ0n) is 11.3. The van der Waals surface area contributed by atoms with Gasteiger partial charge in [0.05, 0.1) is 6.54 Å². The van der Waals surface area contributed by atoms with Crippen LogP contribution in [0.2, 0.25) is 0 Å². The normalized spacial score (nSPS) is 10.7. The molecule has 0 amide bonds. The van der Waals surface area contributed by atoms with Crippen molar-refractivity contribution in [3.05, 3.63) is 64.8 Å². The van der Waals surface area contributed by atoms with Crippen molar-refractivity contribution in [1.82, 2.24) is 4.57 Å². The zero-order valence-corrected chi connectivity index (χ0v) is 12.9. The molecule has 0 fully saturated rings. The molecule has 3 nitrogen and oxygen atoms in total. The second-order valence-corrected chi connectivity index (χ2v) is 5.63. The monoisotopic (exact) mass is 343 g/mol. The molecule has 106 valence electrons. The number of aromatic nitrogens is 1. The topological polar surface area (TPSA) is 31.2 Å². The third kappa shape index (κ3) is 3.00. The number of fused-ring (bicyclic) bond motifs is 1. The van der Waals surface area contributed by atoms with E-state index in [1.54, 1.807) is 0 Å². The molecule has 0 saturated carbocycles. The number of hydrogen-bond donors (Lipinski definition) is 0. The van der Waals surface area contributed by atoms with Crippen LogP contribution >= 0.6 is 15.9 Å². The summed E-state index contributed by atoms with van der Waals surface area (Å²) in [5, 5.41) is 0.983. The number of carbonyl (C=O) groups is 1. The number of ether oxygens (including phenoxy) is 1. The van der Waals surface area contributed by atoms with Gasteiger partial charge >= 0.3 is 0 Å². The molecule has 1 heterocycles. The minimum atomic E-state index is 0.580. The predicted molar refractivity (Wildman–Crippen MR) is 87.0 cm³/mol. The summed E-state index contributed by atoms with van der Waals surface area (Å²) in [7, 11) is 0. The summed E-state index contributed by atoms with van der Waals surface area (Å²) in [5.41, 5.74) is 1.78. The first-order valence-electron chi connectivity index (χ1n) is 6.69. The largest absolute Gasteiger partial charge is 0.492 e. The number of halogens is 1. The average Bonchev–Trinajstić information content (AvgIpc) is 2.92. The maximum Gasteiger partial charge on any atom is 0.150 e. The van der Waals surface area contributed by atoms with E-state index in [-0.39, 0.29) is 0 Å². The van der Waals surface area contributed by atoms with Crippen molar-refractivity contribution in [2.75, 3.05) is 6.61 Å². The quantitative estimate of drug-likeness (QED) is 0.647. The molecule has 3 rings (SSSR count). The molecule has 0 aliphatic rings. The van der Waals surface area contributed by atoms with Crippen LogP contribution in [-0.4, -0.2) is 17.5 Å². The Bertz CT molecular complexity index is 762. The number of carbonyl (C=O) groups excluding carboxylic acids is 1. The Hall–Kier alpha value is -2.07. The van der Waals surface area contributed by atoms with Crippen molar-refractivity contribution in [2.45, 2.75) is 6.54 Å². The van der Waals surface area contributed by atoms with Gasteiger partial charge in [0.15, 0.2) is 6.29 Å². The molecule has 0 bridgehead atoms. The first kappa shape index (κ1) is 13.9. The summed E-state index contributed by atoms with van der Waals surface area (Å²) < 4.78 is 8.86. The first-order valence-corrected chi connectivity index (χ1v) is 7.48. The lowest BCUT2D eigenvalue weighted by Crippen LogP contribution is -2.07. The molecule has 0 N–H and O–H groups in total. The Morgan fingerprint density at radius 3 is 2.67 bits per heavy atom. The molecule has 1 aromatic heterocycles. The number of nitrogens with zero attached hydrogens (tertiary/aromatic N) is 1. The van der Waals surface area contributed by atoms with Crippen LogP contribution < -0.4 is 4.74 Å². The van der Waals surface area contributed by atoms with Gasteiger partial charge in [-0.2, -0.15) is 0 Å². The Morgan fingerprint density at radius 1 is 1.10 bits per heavy atom. The molecule has 0 atom stereocenters. The van der Waals surface area contributed by atoms with E-state index in [9.17, 15) is 4.79 Å². The van der Waals surface area contributed by atoms with Crippen molar-refractivity contribution >= 4 is 33.1 Å². The minimum absolute atomic E-state index is 0.580. The Kier molecular flexibility index (Phi) is 4.06. The number of benzene rings is 2. The summed E-state index contributed by atoms with van der Waals surface area (Å²) in [6, 6.07) is 15.5. The summed E-state index contributed by atoms with van der Waals surface area (Å²) in [4.78, 5) is 11.0. The van der Waals surface area contributed by atoms with Crippen molar-refractivity contribution < 1.29 is 9.53 Å². The van der Waals surface area contributed by atoms with Crippen LogP contribution in [-0.2, 0) is 6.54 Å². The molecule has 0 radical (unpaired) electrons.